The number of nitrogens with zero attached hydrogens (tertiary/aromatic N) is 3. The van der Waals surface area contributed by atoms with Crippen molar-refractivity contribution < 1.29 is 14.0 Å². The Labute approximate surface area is 188 Å². The van der Waals surface area contributed by atoms with Crippen LogP contribution >= 0.6 is 11.8 Å². The molecule has 2 amide bonds. The first kappa shape index (κ1) is 22.0. The van der Waals surface area contributed by atoms with E-state index in [1.54, 1.807) is 0 Å². The lowest BCUT2D eigenvalue weighted by molar-refractivity contribution is -0.127. The summed E-state index contributed by atoms with van der Waals surface area (Å²) in [6, 6.07) is 15.0. The maximum atomic E-state index is 13.2. The highest BCUT2D eigenvalue weighted by atomic mass is 32.2. The molecule has 0 radical (unpaired) electrons. The third-order valence-electron chi connectivity index (χ3n) is 5.41. The minimum atomic E-state index is -0.535. The van der Waals surface area contributed by atoms with Gasteiger partial charge in [0.15, 0.2) is 5.16 Å². The van der Waals surface area contributed by atoms with Gasteiger partial charge in [0.2, 0.25) is 5.91 Å². The van der Waals surface area contributed by atoms with Gasteiger partial charge in [0.05, 0.1) is 5.25 Å². The fraction of sp³-hybridized carbons (Fsp3) is 0.304. The lowest BCUT2D eigenvalue weighted by Gasteiger charge is -2.22. The highest BCUT2D eigenvalue weighted by Crippen LogP contribution is 2.29. The highest BCUT2D eigenvalue weighted by molar-refractivity contribution is 8.00. The zero-order chi connectivity index (χ0) is 22.5. The topological polar surface area (TPSA) is 88.1 Å². The number of hydrogen-bond acceptors (Lipinski definition) is 5. The number of carbonyl (C=O) groups is 2. The molecule has 7 nitrogen and oxygen atoms in total. The summed E-state index contributed by atoms with van der Waals surface area (Å²) in [4.78, 5) is 39.6. The van der Waals surface area contributed by atoms with Crippen molar-refractivity contribution in [3.05, 3.63) is 82.0 Å². The van der Waals surface area contributed by atoms with E-state index in [1.807, 2.05) is 30.3 Å². The Morgan fingerprint density at radius 2 is 1.84 bits per heavy atom. The normalized spacial score (nSPS) is 16.7. The van der Waals surface area contributed by atoms with Crippen molar-refractivity contribution in [2.75, 3.05) is 6.54 Å². The van der Waals surface area contributed by atoms with Crippen molar-refractivity contribution >= 4 is 23.6 Å². The molecule has 0 aliphatic carbocycles. The van der Waals surface area contributed by atoms with Gasteiger partial charge in [0.1, 0.15) is 5.82 Å². The van der Waals surface area contributed by atoms with E-state index in [0.717, 1.165) is 12.0 Å². The van der Waals surface area contributed by atoms with Crippen LogP contribution in [0.4, 0.5) is 4.39 Å². The second-order valence-electron chi connectivity index (χ2n) is 7.60. The van der Waals surface area contributed by atoms with Crippen molar-refractivity contribution in [2.45, 2.75) is 42.6 Å². The van der Waals surface area contributed by atoms with Crippen molar-refractivity contribution in [3.8, 4) is 0 Å². The minimum Gasteiger partial charge on any atom is -0.278 e. The molecule has 9 heteroatoms. The SMILES string of the molecule is O=C(c1ccc(F)cc1)N1CCCC[C@H](Sc2n[nH]c(=O)n2CCc2ccccc2)C1=O. The first-order valence-corrected chi connectivity index (χ1v) is 11.4. The van der Waals surface area contributed by atoms with E-state index in [2.05, 4.69) is 10.2 Å². The predicted octanol–water partition coefficient (Wildman–Crippen LogP) is 3.27. The van der Waals surface area contributed by atoms with Gasteiger partial charge in [-0.3, -0.25) is 19.1 Å². The van der Waals surface area contributed by atoms with Crippen molar-refractivity contribution in [3.63, 3.8) is 0 Å². The number of carbonyl (C=O) groups excluding carboxylic acids is 2. The summed E-state index contributed by atoms with van der Waals surface area (Å²) < 4.78 is 14.7. The van der Waals surface area contributed by atoms with Crippen LogP contribution in [0.3, 0.4) is 0 Å². The number of hydrogen-bond donors (Lipinski definition) is 1. The lowest BCUT2D eigenvalue weighted by atomic mass is 10.1. The second kappa shape index (κ2) is 9.95. The Balaban J connectivity index is 1.50. The molecule has 1 fully saturated rings. The van der Waals surface area contributed by atoms with E-state index in [0.29, 0.717) is 37.5 Å². The fourth-order valence-electron chi connectivity index (χ4n) is 3.67. The number of nitrogens with one attached hydrogen (secondary N) is 1. The standard InChI is InChI=1S/C23H23FN4O3S/c24-18-11-9-17(10-12-18)20(29)27-14-5-4-8-19(21(27)30)32-23-26-25-22(31)28(23)15-13-16-6-2-1-3-7-16/h1-3,6-7,9-12,19H,4-5,8,13-15H2,(H,25,31)/t19-/m0/s1. The van der Waals surface area contributed by atoms with Gasteiger partial charge in [0.25, 0.3) is 5.91 Å². The van der Waals surface area contributed by atoms with Crippen molar-refractivity contribution in [1.82, 2.24) is 19.7 Å². The number of likely N-dealkylation sites (tertiary alicyclic amines) is 1. The van der Waals surface area contributed by atoms with Gasteiger partial charge < -0.3 is 0 Å². The number of rotatable bonds is 6. The number of aryl methyl sites for hydroxylation is 1. The van der Waals surface area contributed by atoms with Gasteiger partial charge in [-0.1, -0.05) is 48.5 Å². The second-order valence-corrected chi connectivity index (χ2v) is 8.77. The molecule has 0 saturated carbocycles. The Kier molecular flexibility index (Phi) is 6.84. The third-order valence-corrected chi connectivity index (χ3v) is 6.66. The molecule has 0 spiro atoms. The zero-order valence-corrected chi connectivity index (χ0v) is 18.2. The summed E-state index contributed by atoms with van der Waals surface area (Å²) in [5.41, 5.74) is 1.03. The van der Waals surface area contributed by atoms with Gasteiger partial charge in [-0.05, 0) is 49.1 Å². The average Bonchev–Trinajstić information content (AvgIpc) is 3.05. The van der Waals surface area contributed by atoms with E-state index in [9.17, 15) is 18.8 Å². The summed E-state index contributed by atoms with van der Waals surface area (Å²) in [6.45, 7) is 0.744. The van der Waals surface area contributed by atoms with Crippen LogP contribution in [-0.4, -0.2) is 43.3 Å². The van der Waals surface area contributed by atoms with Crippen molar-refractivity contribution in [2.24, 2.45) is 0 Å². The summed E-state index contributed by atoms with van der Waals surface area (Å²) in [5, 5.41) is 6.48. The number of imide groups is 1. The molecule has 0 unspecified atom stereocenters. The first-order chi connectivity index (χ1) is 15.5. The van der Waals surface area contributed by atoms with E-state index in [1.165, 1.54) is 45.5 Å². The van der Waals surface area contributed by atoms with E-state index in [-0.39, 0.29) is 17.2 Å². The molecule has 2 heterocycles. The largest absolute Gasteiger partial charge is 0.343 e. The summed E-state index contributed by atoms with van der Waals surface area (Å²) in [5.74, 6) is -1.19. The summed E-state index contributed by atoms with van der Waals surface area (Å²) >= 11 is 1.20. The molecule has 166 valence electrons. The van der Waals surface area contributed by atoms with Gasteiger partial charge in [-0.2, -0.15) is 0 Å². The average molecular weight is 455 g/mol. The molecule has 4 rings (SSSR count). The van der Waals surface area contributed by atoms with Crippen LogP contribution in [-0.2, 0) is 17.8 Å². The van der Waals surface area contributed by atoms with E-state index < -0.39 is 17.0 Å². The number of H-pyrrole nitrogens is 1. The zero-order valence-electron chi connectivity index (χ0n) is 17.4. The third kappa shape index (κ3) is 4.99. The summed E-state index contributed by atoms with van der Waals surface area (Å²) in [7, 11) is 0. The minimum absolute atomic E-state index is 0.268. The molecular formula is C23H23FN4O3S. The Hall–Kier alpha value is -3.20. The smallest absolute Gasteiger partial charge is 0.278 e. The van der Waals surface area contributed by atoms with E-state index >= 15 is 0 Å². The van der Waals surface area contributed by atoms with Gasteiger partial charge in [-0.15, -0.1) is 5.10 Å². The summed E-state index contributed by atoms with van der Waals surface area (Å²) in [6.07, 6.45) is 2.70. The molecule has 1 N–H and O–H groups in total. The quantitative estimate of drug-likeness (QED) is 0.578. The van der Waals surface area contributed by atoms with Crippen LogP contribution in [0.2, 0.25) is 0 Å². The van der Waals surface area contributed by atoms with Crippen molar-refractivity contribution in [1.29, 1.82) is 0 Å². The molecule has 1 atom stereocenters. The van der Waals surface area contributed by atoms with Crippen LogP contribution < -0.4 is 5.69 Å². The van der Waals surface area contributed by atoms with Crippen LogP contribution in [0, 0.1) is 5.82 Å². The molecule has 0 bridgehead atoms. The maximum Gasteiger partial charge on any atom is 0.343 e. The van der Waals surface area contributed by atoms with E-state index in [4.69, 9.17) is 0 Å². The van der Waals surface area contributed by atoms with Gasteiger partial charge in [0, 0.05) is 18.7 Å². The number of benzene rings is 2. The number of aromatic amines is 1. The maximum absolute atomic E-state index is 13.2. The van der Waals surface area contributed by atoms with Crippen LogP contribution in [0.1, 0.15) is 35.2 Å². The number of amides is 2. The lowest BCUT2D eigenvalue weighted by Crippen LogP contribution is -2.41. The van der Waals surface area contributed by atoms with Crippen LogP contribution in [0.5, 0.6) is 0 Å². The monoisotopic (exact) mass is 454 g/mol. The number of thioether (sulfide) groups is 1. The first-order valence-electron chi connectivity index (χ1n) is 10.5. The van der Waals surface area contributed by atoms with Crippen LogP contribution in [0.15, 0.2) is 64.5 Å². The molecule has 1 saturated heterocycles. The number of halogens is 1. The molecule has 1 aromatic heterocycles. The fourth-order valence-corrected chi connectivity index (χ4v) is 4.84. The van der Waals surface area contributed by atoms with Crippen LogP contribution in [0.25, 0.3) is 0 Å². The highest BCUT2D eigenvalue weighted by Gasteiger charge is 2.33. The predicted molar refractivity (Wildman–Crippen MR) is 119 cm³/mol. The van der Waals surface area contributed by atoms with Gasteiger partial charge >= 0.3 is 5.69 Å². The Morgan fingerprint density at radius 1 is 1.09 bits per heavy atom. The molecule has 1 aliphatic heterocycles. The molecule has 3 aromatic rings. The molecular weight excluding hydrogens is 431 g/mol. The molecule has 32 heavy (non-hydrogen) atoms. The Bertz CT molecular complexity index is 1140. The van der Waals surface area contributed by atoms with Gasteiger partial charge in [-0.25, -0.2) is 14.3 Å². The molecule has 2 aromatic carbocycles. The Morgan fingerprint density at radius 3 is 2.59 bits per heavy atom. The molecule has 1 aliphatic rings. The number of aromatic nitrogens is 3.